The van der Waals surface area contributed by atoms with Gasteiger partial charge in [0.2, 0.25) is 0 Å². The number of nitrogens with two attached hydrogens (primary N) is 1. The van der Waals surface area contributed by atoms with Gasteiger partial charge in [-0.15, -0.1) is 0 Å². The molecule has 7 nitrogen and oxygen atoms in total. The lowest BCUT2D eigenvalue weighted by molar-refractivity contribution is -0.118. The van der Waals surface area contributed by atoms with Gasteiger partial charge in [-0.1, -0.05) is 37.6 Å². The van der Waals surface area contributed by atoms with Gasteiger partial charge >= 0.3 is 6.01 Å². The molecule has 0 saturated carbocycles. The molecular weight excluding hydrogens is 390 g/mol. The van der Waals surface area contributed by atoms with E-state index in [2.05, 4.69) is 51.0 Å². The smallest absolute Gasteiger partial charge is 0.320 e. The van der Waals surface area contributed by atoms with E-state index in [1.54, 1.807) is 0 Å². The van der Waals surface area contributed by atoms with Gasteiger partial charge in [-0.3, -0.25) is 9.69 Å². The molecule has 2 N–H and O–H groups in total. The van der Waals surface area contributed by atoms with Crippen molar-refractivity contribution in [2.24, 2.45) is 0 Å². The zero-order valence-corrected chi connectivity index (χ0v) is 18.5. The maximum absolute atomic E-state index is 12.3. The van der Waals surface area contributed by atoms with Gasteiger partial charge in [0.15, 0.2) is 0 Å². The van der Waals surface area contributed by atoms with E-state index in [0.29, 0.717) is 37.9 Å². The molecule has 31 heavy (non-hydrogen) atoms. The fraction of sp³-hybridized carbons (Fsp3) is 0.542. The standard InChI is InChI=1S/C24H33N5O2/c1-2-3-14-31-24-26-22(25)21-15-20(30)10-13-29(23(21)27-24)17-19-8-6-18(7-9-19)16-28-11-4-5-12-28/h6-9H,2-5,10-17H2,1H3,(H2,25,26,27). The number of carbonyl (C=O) groups excluding carboxylic acids is 1. The SMILES string of the molecule is CCCCOc1nc(N)c2c(n1)N(Cc1ccc(CN3CCCC3)cc1)CCC(=O)C2. The number of anilines is 2. The third kappa shape index (κ3) is 5.53. The molecule has 0 radical (unpaired) electrons. The Morgan fingerprint density at radius 1 is 1.03 bits per heavy atom. The third-order valence-corrected chi connectivity index (χ3v) is 6.06. The van der Waals surface area contributed by atoms with Gasteiger partial charge in [0.25, 0.3) is 0 Å². The zero-order valence-electron chi connectivity index (χ0n) is 18.5. The molecule has 2 aromatic rings. The van der Waals surface area contributed by atoms with Crippen molar-refractivity contribution in [1.82, 2.24) is 14.9 Å². The first kappa shape index (κ1) is 21.6. The van der Waals surface area contributed by atoms with Gasteiger partial charge in [-0.05, 0) is 43.5 Å². The van der Waals surface area contributed by atoms with Crippen LogP contribution in [0, 0.1) is 0 Å². The van der Waals surface area contributed by atoms with Gasteiger partial charge in [0.05, 0.1) is 6.61 Å². The van der Waals surface area contributed by atoms with Crippen LogP contribution in [0.1, 0.15) is 55.7 Å². The van der Waals surface area contributed by atoms with Crippen molar-refractivity contribution in [1.29, 1.82) is 0 Å². The number of likely N-dealkylation sites (tertiary alicyclic amines) is 1. The van der Waals surface area contributed by atoms with Crippen LogP contribution in [0.4, 0.5) is 11.6 Å². The molecule has 1 saturated heterocycles. The van der Waals surface area contributed by atoms with Crippen LogP contribution >= 0.6 is 0 Å². The second-order valence-corrected chi connectivity index (χ2v) is 8.58. The first-order valence-electron chi connectivity index (χ1n) is 11.5. The summed E-state index contributed by atoms with van der Waals surface area (Å²) in [4.78, 5) is 25.9. The predicted molar refractivity (Wildman–Crippen MR) is 122 cm³/mol. The van der Waals surface area contributed by atoms with Crippen LogP contribution in [0.3, 0.4) is 0 Å². The Morgan fingerprint density at radius 2 is 1.74 bits per heavy atom. The molecule has 7 heteroatoms. The Bertz CT molecular complexity index is 894. The Kier molecular flexibility index (Phi) is 7.02. The van der Waals surface area contributed by atoms with Crippen molar-refractivity contribution in [2.45, 2.75) is 58.5 Å². The van der Waals surface area contributed by atoms with Gasteiger partial charge in [-0.25, -0.2) is 0 Å². The fourth-order valence-electron chi connectivity index (χ4n) is 4.25. The highest BCUT2D eigenvalue weighted by Gasteiger charge is 2.25. The number of aromatic nitrogens is 2. The molecule has 166 valence electrons. The molecule has 1 aromatic heterocycles. The minimum absolute atomic E-state index is 0.166. The Hall–Kier alpha value is -2.67. The molecule has 4 rings (SSSR count). The van der Waals surface area contributed by atoms with E-state index < -0.39 is 0 Å². The first-order chi connectivity index (χ1) is 15.1. The summed E-state index contributed by atoms with van der Waals surface area (Å²) in [5, 5.41) is 0. The zero-order chi connectivity index (χ0) is 21.6. The monoisotopic (exact) mass is 423 g/mol. The van der Waals surface area contributed by atoms with Crippen LogP contribution in [0.2, 0.25) is 0 Å². The summed E-state index contributed by atoms with van der Waals surface area (Å²) in [7, 11) is 0. The molecule has 0 bridgehead atoms. The van der Waals surface area contributed by atoms with Gasteiger partial charge < -0.3 is 15.4 Å². The number of benzene rings is 1. The number of carbonyl (C=O) groups is 1. The largest absolute Gasteiger partial charge is 0.463 e. The molecule has 3 heterocycles. The average Bonchev–Trinajstić information content (AvgIpc) is 3.21. The second-order valence-electron chi connectivity index (χ2n) is 8.58. The first-order valence-corrected chi connectivity index (χ1v) is 11.5. The van der Waals surface area contributed by atoms with Crippen molar-refractivity contribution in [3.8, 4) is 6.01 Å². The van der Waals surface area contributed by atoms with Crippen LogP contribution in [-0.4, -0.2) is 46.9 Å². The predicted octanol–water partition coefficient (Wildman–Crippen LogP) is 3.36. The lowest BCUT2D eigenvalue weighted by Crippen LogP contribution is -2.26. The van der Waals surface area contributed by atoms with Crippen molar-refractivity contribution in [2.75, 3.05) is 36.9 Å². The minimum Gasteiger partial charge on any atom is -0.463 e. The van der Waals surface area contributed by atoms with E-state index in [1.165, 1.54) is 37.1 Å². The van der Waals surface area contributed by atoms with Crippen molar-refractivity contribution >= 4 is 17.4 Å². The summed E-state index contributed by atoms with van der Waals surface area (Å²) in [6.07, 6.45) is 5.35. The van der Waals surface area contributed by atoms with Gasteiger partial charge in [-0.2, -0.15) is 9.97 Å². The summed E-state index contributed by atoms with van der Waals surface area (Å²) in [5.41, 5.74) is 9.47. The van der Waals surface area contributed by atoms with Crippen LogP contribution in [0.15, 0.2) is 24.3 Å². The summed E-state index contributed by atoms with van der Waals surface area (Å²) in [6, 6.07) is 9.09. The highest BCUT2D eigenvalue weighted by molar-refractivity contribution is 5.85. The van der Waals surface area contributed by atoms with E-state index in [4.69, 9.17) is 10.5 Å². The molecule has 1 aromatic carbocycles. The Balaban J connectivity index is 1.52. The van der Waals surface area contributed by atoms with Crippen molar-refractivity contribution < 1.29 is 9.53 Å². The van der Waals surface area contributed by atoms with Crippen LogP contribution in [-0.2, 0) is 24.3 Å². The summed E-state index contributed by atoms with van der Waals surface area (Å²) in [5.74, 6) is 1.24. The minimum atomic E-state index is 0.166. The normalized spacial score (nSPS) is 16.9. The fourth-order valence-corrected chi connectivity index (χ4v) is 4.25. The van der Waals surface area contributed by atoms with Gasteiger partial charge in [0, 0.05) is 38.0 Å². The lowest BCUT2D eigenvalue weighted by atomic mass is 10.1. The number of nitrogen functional groups attached to an aromatic ring is 1. The van der Waals surface area contributed by atoms with Crippen LogP contribution < -0.4 is 15.4 Å². The summed E-state index contributed by atoms with van der Waals surface area (Å²) in [6.45, 7) is 7.38. The summed E-state index contributed by atoms with van der Waals surface area (Å²) < 4.78 is 5.72. The van der Waals surface area contributed by atoms with Crippen molar-refractivity contribution in [3.05, 3.63) is 41.0 Å². The third-order valence-electron chi connectivity index (χ3n) is 6.06. The highest BCUT2D eigenvalue weighted by Crippen LogP contribution is 2.30. The van der Waals surface area contributed by atoms with E-state index in [0.717, 1.165) is 30.8 Å². The molecule has 0 amide bonds. The van der Waals surface area contributed by atoms with E-state index in [1.807, 2.05) is 0 Å². The molecule has 0 unspecified atom stereocenters. The van der Waals surface area contributed by atoms with Crippen LogP contribution in [0.25, 0.3) is 0 Å². The quantitative estimate of drug-likeness (QED) is 0.652. The van der Waals surface area contributed by atoms with E-state index >= 15 is 0 Å². The number of Topliss-reactive ketones (excluding diaryl/α,β-unsaturated/α-hetero) is 1. The number of fused-ring (bicyclic) bond motifs is 1. The summed E-state index contributed by atoms with van der Waals surface area (Å²) >= 11 is 0. The Morgan fingerprint density at radius 3 is 2.45 bits per heavy atom. The van der Waals surface area contributed by atoms with Crippen molar-refractivity contribution in [3.63, 3.8) is 0 Å². The molecule has 0 atom stereocenters. The molecule has 2 aliphatic heterocycles. The molecule has 0 spiro atoms. The highest BCUT2D eigenvalue weighted by atomic mass is 16.5. The van der Waals surface area contributed by atoms with E-state index in [-0.39, 0.29) is 12.2 Å². The number of ketones is 1. The topological polar surface area (TPSA) is 84.6 Å². The second kappa shape index (κ2) is 10.1. The average molecular weight is 424 g/mol. The number of hydrogen-bond acceptors (Lipinski definition) is 7. The number of nitrogens with zero attached hydrogens (tertiary/aromatic N) is 4. The van der Waals surface area contributed by atoms with Gasteiger partial charge in [0.1, 0.15) is 17.4 Å². The Labute approximate surface area is 184 Å². The lowest BCUT2D eigenvalue weighted by Gasteiger charge is -2.24. The number of hydrogen-bond donors (Lipinski definition) is 1. The maximum Gasteiger partial charge on any atom is 0.320 e. The van der Waals surface area contributed by atoms with E-state index in [9.17, 15) is 4.79 Å². The molecule has 2 aliphatic rings. The molecular formula is C24H33N5O2. The maximum atomic E-state index is 12.3. The number of rotatable bonds is 8. The molecule has 1 fully saturated rings. The molecule has 0 aliphatic carbocycles. The number of ether oxygens (including phenoxy) is 1. The van der Waals surface area contributed by atoms with Crippen LogP contribution in [0.5, 0.6) is 6.01 Å². The number of unbranched alkanes of at least 4 members (excludes halogenated alkanes) is 1.